The molecule has 0 rings (SSSR count). The summed E-state index contributed by atoms with van der Waals surface area (Å²) in [6.45, 7) is 0. The fraction of sp³-hybridized carbons (Fsp3) is 1.00. The minimum Gasteiger partial charge on any atom is -1.00 e. The molecule has 192 valence electrons. The Morgan fingerprint density at radius 2 is 0.375 bits per heavy atom. The van der Waals surface area contributed by atoms with Gasteiger partial charge in [0.1, 0.15) is 0 Å². The van der Waals surface area contributed by atoms with Crippen LogP contribution in [0, 0.1) is 0 Å². The largest absolute Gasteiger partial charge is 1.00 e. The van der Waals surface area contributed by atoms with E-state index in [1.54, 1.807) is 0 Å². The summed E-state index contributed by atoms with van der Waals surface area (Å²) >= 11 is 0.389. The van der Waals surface area contributed by atoms with Crippen molar-refractivity contribution in [2.24, 2.45) is 0 Å². The standard InChI is InChI=1S/CH4.12ClH.4Fe.8Na.7H2O.2H/h1H4;12*1H;;;;;;;;;;;;;7*1H2;;/q;;;;;;;;;;;;;;;2*+2;8*+1;;;;;;;;2*-1/p-14. The van der Waals surface area contributed by atoms with Crippen LogP contribution in [0.15, 0.2) is 0 Å². The third-order valence-electron chi connectivity index (χ3n) is 0. The molecule has 0 unspecified atom stereocenters. The molecule has 31 heteroatoms. The van der Waals surface area contributed by atoms with Crippen LogP contribution in [0.4, 0.5) is 0 Å². The third-order valence-corrected chi connectivity index (χ3v) is 0. The average molecular weight is 975 g/mol. The van der Waals surface area contributed by atoms with E-state index in [1.165, 1.54) is 0 Å². The van der Waals surface area contributed by atoms with Crippen LogP contribution in [0.1, 0.15) is 10.3 Å². The van der Waals surface area contributed by atoms with Crippen molar-refractivity contribution >= 4 is 65.2 Å². The molecular formula is CH18Cl12Fe4Na8O7-4. The number of halogens is 12. The molecule has 0 atom stereocenters. The second kappa shape index (κ2) is 355. The fourth-order valence-electron chi connectivity index (χ4n) is 0. The van der Waals surface area contributed by atoms with Gasteiger partial charge in [0.05, 0.1) is 0 Å². The first-order valence-corrected chi connectivity index (χ1v) is 6.61. The second-order valence-electron chi connectivity index (χ2n) is 0.101. The normalized spacial score (nSPS) is 1.38. The van der Waals surface area contributed by atoms with Crippen LogP contribution >= 0.6 is 65.2 Å². The van der Waals surface area contributed by atoms with Crippen molar-refractivity contribution < 1.29 is 412 Å². The van der Waals surface area contributed by atoms with Crippen molar-refractivity contribution in [1.29, 1.82) is 0 Å². The van der Waals surface area contributed by atoms with E-state index in [2.05, 4.69) is 0 Å². The Labute approximate surface area is 472 Å². The Kier molecular flexibility index (Phi) is 3300. The predicted octanol–water partition coefficient (Wildman–Crippen LogP) is -40.7. The van der Waals surface area contributed by atoms with Gasteiger partial charge in [-0.25, -0.2) is 0 Å². The first-order valence-electron chi connectivity index (χ1n) is 0.535. The molecule has 0 heterocycles. The molecule has 0 aliphatic carbocycles. The van der Waals surface area contributed by atoms with Crippen LogP contribution in [-0.2, 0) is 60.4 Å². The predicted molar refractivity (Wildman–Crippen MR) is 65.4 cm³/mol. The summed E-state index contributed by atoms with van der Waals surface area (Å²) < 4.78 is 0. The molecule has 0 aromatic heterocycles. The number of hydrogen-bond donors (Lipinski definition) is 0. The molecular weight excluding hydrogens is 957 g/mol. The first kappa shape index (κ1) is 297. The molecule has 0 spiro atoms. The van der Waals surface area contributed by atoms with Gasteiger partial charge in [-0.2, -0.15) is 0 Å². The second-order valence-corrected chi connectivity index (χ2v) is 3.75. The average Bonchev–Trinajstić information content (AvgIpc) is 1.39. The van der Waals surface area contributed by atoms with Gasteiger partial charge >= 0.3 is 303 Å². The molecule has 0 saturated heterocycles. The van der Waals surface area contributed by atoms with Gasteiger partial charge in [-0.05, 0) is 0 Å². The van der Waals surface area contributed by atoms with Crippen molar-refractivity contribution in [3.63, 3.8) is 0 Å². The van der Waals surface area contributed by atoms with Crippen LogP contribution in [0.25, 0.3) is 0 Å². The van der Waals surface area contributed by atoms with Crippen LogP contribution in [0.2, 0.25) is 0 Å². The van der Waals surface area contributed by atoms with Gasteiger partial charge in [0.25, 0.3) is 0 Å². The summed E-state index contributed by atoms with van der Waals surface area (Å²) in [5.41, 5.74) is 0. The molecule has 0 amide bonds. The third kappa shape index (κ3) is 439. The Morgan fingerprint density at radius 1 is 0.375 bits per heavy atom. The van der Waals surface area contributed by atoms with Crippen molar-refractivity contribution in [2.45, 2.75) is 7.43 Å². The zero-order valence-corrected chi connectivity index (χ0v) is 46.9. The van der Waals surface area contributed by atoms with Crippen molar-refractivity contribution in [3.8, 4) is 0 Å². The molecule has 10 N–H and O–H groups in total. The molecule has 0 aromatic rings. The van der Waals surface area contributed by atoms with E-state index in [-0.39, 0.29) is 445 Å². The molecule has 32 heavy (non-hydrogen) atoms. The molecule has 0 radical (unpaired) electrons. The Bertz CT molecular complexity index is 78.3. The molecule has 0 aliphatic rings. The maximum absolute atomic E-state index is 4.76. The Balaban J connectivity index is -0.000000000184. The van der Waals surface area contributed by atoms with Crippen LogP contribution < -0.4 is 311 Å². The van der Waals surface area contributed by atoms with E-state index < -0.39 is 0 Å². The van der Waals surface area contributed by atoms with Crippen LogP contribution in [-0.4, -0.2) is 38.3 Å². The fourth-order valence-corrected chi connectivity index (χ4v) is 0. The van der Waals surface area contributed by atoms with E-state index in [0.29, 0.717) is 0 Å². The van der Waals surface area contributed by atoms with Gasteiger partial charge in [-0.1, -0.05) is 7.43 Å². The summed E-state index contributed by atoms with van der Waals surface area (Å²) in [5.74, 6) is 0. The summed E-state index contributed by atoms with van der Waals surface area (Å²) in [6, 6.07) is 0. The minimum atomic E-state index is 0. The van der Waals surface area contributed by atoms with Gasteiger partial charge in [-0.15, -0.1) is 24.8 Å². The van der Waals surface area contributed by atoms with Crippen molar-refractivity contribution in [2.75, 3.05) is 0 Å². The number of rotatable bonds is 0. The summed E-state index contributed by atoms with van der Waals surface area (Å²) in [7, 11) is 19.1. The molecule has 0 fully saturated rings. The molecule has 0 saturated carbocycles. The maximum Gasteiger partial charge on any atom is 1.00 e. The molecule has 0 bridgehead atoms. The van der Waals surface area contributed by atoms with Crippen molar-refractivity contribution in [1.82, 2.24) is 0 Å². The van der Waals surface area contributed by atoms with Gasteiger partial charge in [0.15, 0.2) is 0 Å². The monoisotopic (exact) mass is 969 g/mol. The van der Waals surface area contributed by atoms with Gasteiger partial charge in [-0.3, -0.25) is 0 Å². The minimum absolute atomic E-state index is 0. The van der Waals surface area contributed by atoms with E-state index in [1.807, 2.05) is 0 Å². The molecule has 0 aromatic carbocycles. The topological polar surface area (TPSA) is 214 Å². The summed E-state index contributed by atoms with van der Waals surface area (Å²) in [5, 5.41) is 0. The SMILES string of the molecule is C.Cl.Cl.O.O.O.[Cl-].[Cl-].[Cl-].[Cl-].[Cl-].[Cl-].[Cl][Fe][Cl].[Cl][Fe][Cl].[Fe].[Fe].[H-].[H-].[Na+].[Na+].[Na+].[Na+].[Na+].[Na+].[Na+].[Na+].[OH-].[OH-].[OH-].[OH-]. The smallest absolute Gasteiger partial charge is 1.00 e. The first-order chi connectivity index (χ1) is 2.83. The van der Waals surface area contributed by atoms with Gasteiger partial charge in [0.2, 0.25) is 0 Å². The summed E-state index contributed by atoms with van der Waals surface area (Å²) in [6.07, 6.45) is 0. The molecule has 7 nitrogen and oxygen atoms in total. The van der Waals surface area contributed by atoms with E-state index in [0.717, 1.165) is 0 Å². The van der Waals surface area contributed by atoms with E-state index in [4.69, 9.17) is 40.4 Å². The van der Waals surface area contributed by atoms with E-state index in [9.17, 15) is 0 Å². The van der Waals surface area contributed by atoms with Crippen molar-refractivity contribution in [3.05, 3.63) is 0 Å². The Morgan fingerprint density at radius 3 is 0.375 bits per heavy atom. The Hall–Kier alpha value is 13.3. The van der Waals surface area contributed by atoms with Crippen LogP contribution in [0.5, 0.6) is 0 Å². The number of hydrogen-bond acceptors (Lipinski definition) is 4. The zero-order valence-electron chi connectivity index (χ0n) is 19.3. The van der Waals surface area contributed by atoms with Crippen LogP contribution in [0.3, 0.4) is 0 Å². The molecule has 0 aliphatic heterocycles. The van der Waals surface area contributed by atoms with Gasteiger partial charge in [0, 0.05) is 34.1 Å². The zero-order chi connectivity index (χ0) is 5.41. The van der Waals surface area contributed by atoms with E-state index >= 15 is 0 Å². The quantitative estimate of drug-likeness (QED) is 0.216. The van der Waals surface area contributed by atoms with Gasteiger partial charge < -0.3 is 116 Å². The maximum atomic E-state index is 4.76. The summed E-state index contributed by atoms with van der Waals surface area (Å²) in [4.78, 5) is 0.